The zero-order valence-electron chi connectivity index (χ0n) is 20.2. The summed E-state index contributed by atoms with van der Waals surface area (Å²) in [5.41, 5.74) is 1.70. The Morgan fingerprint density at radius 3 is 2.76 bits per heavy atom. The average molecular weight is 500 g/mol. The second-order valence-corrected chi connectivity index (χ2v) is 8.25. The SMILES string of the molecule is C=CCc1cc(C=Nn2c(=O)[nH]c3ccccc3c2=O)cc(OCC)c1OCc1ccc2c(c1)OCO2. The van der Waals surface area contributed by atoms with Crippen LogP contribution in [0.4, 0.5) is 0 Å². The first-order chi connectivity index (χ1) is 18.1. The Hall–Kier alpha value is -4.79. The van der Waals surface area contributed by atoms with Gasteiger partial charge in [0.05, 0.1) is 23.7 Å². The van der Waals surface area contributed by atoms with Gasteiger partial charge in [-0.25, -0.2) is 4.79 Å². The lowest BCUT2D eigenvalue weighted by atomic mass is 10.1. The van der Waals surface area contributed by atoms with Gasteiger partial charge in [-0.2, -0.15) is 5.10 Å². The van der Waals surface area contributed by atoms with Crippen molar-refractivity contribution in [2.24, 2.45) is 5.10 Å². The normalized spacial score (nSPS) is 12.2. The molecule has 9 nitrogen and oxygen atoms in total. The monoisotopic (exact) mass is 499 g/mol. The van der Waals surface area contributed by atoms with E-state index in [2.05, 4.69) is 16.7 Å². The maximum absolute atomic E-state index is 12.8. The standard InChI is InChI=1S/C28H25N3O6/c1-3-7-20-12-19(15-29-31-27(32)21-8-5-6-9-22(21)30-28(31)33)14-25(34-4-2)26(20)35-16-18-10-11-23-24(13-18)37-17-36-23/h3,5-6,8-15H,1,4,7,16-17H2,2H3,(H,30,33). The average Bonchev–Trinajstić information content (AvgIpc) is 3.36. The number of H-pyrrole nitrogens is 1. The van der Waals surface area contributed by atoms with E-state index in [4.69, 9.17) is 18.9 Å². The molecule has 4 aromatic rings. The lowest BCUT2D eigenvalue weighted by Crippen LogP contribution is -2.32. The number of ether oxygens (including phenoxy) is 4. The predicted molar refractivity (Wildman–Crippen MR) is 140 cm³/mol. The van der Waals surface area contributed by atoms with Crippen LogP contribution in [0.2, 0.25) is 0 Å². The van der Waals surface area contributed by atoms with Crippen LogP contribution in [0.15, 0.2) is 81.9 Å². The molecular formula is C28H25N3O6. The van der Waals surface area contributed by atoms with Crippen LogP contribution in [0.25, 0.3) is 10.9 Å². The number of hydrogen-bond donors (Lipinski definition) is 1. The second-order valence-electron chi connectivity index (χ2n) is 8.25. The molecule has 0 amide bonds. The Kier molecular flexibility index (Phi) is 6.76. The fourth-order valence-electron chi connectivity index (χ4n) is 4.06. The van der Waals surface area contributed by atoms with E-state index in [0.717, 1.165) is 15.8 Å². The van der Waals surface area contributed by atoms with Gasteiger partial charge in [0.25, 0.3) is 5.56 Å². The number of para-hydroxylation sites is 1. The predicted octanol–water partition coefficient (Wildman–Crippen LogP) is 4.01. The molecule has 1 N–H and O–H groups in total. The molecule has 0 saturated carbocycles. The van der Waals surface area contributed by atoms with Gasteiger partial charge in [0.15, 0.2) is 23.0 Å². The van der Waals surface area contributed by atoms with Crippen molar-refractivity contribution in [3.63, 3.8) is 0 Å². The Balaban J connectivity index is 1.47. The zero-order valence-corrected chi connectivity index (χ0v) is 20.2. The molecule has 0 bridgehead atoms. The van der Waals surface area contributed by atoms with E-state index >= 15 is 0 Å². The molecular weight excluding hydrogens is 474 g/mol. The maximum atomic E-state index is 12.8. The summed E-state index contributed by atoms with van der Waals surface area (Å²) in [6.07, 6.45) is 3.72. The first-order valence-electron chi connectivity index (χ1n) is 11.8. The molecule has 0 unspecified atom stereocenters. The summed E-state index contributed by atoms with van der Waals surface area (Å²) in [5.74, 6) is 2.49. The Morgan fingerprint density at radius 1 is 1.08 bits per heavy atom. The number of nitrogens with zero attached hydrogens (tertiary/aromatic N) is 2. The van der Waals surface area contributed by atoms with E-state index in [-0.39, 0.29) is 13.4 Å². The highest BCUT2D eigenvalue weighted by Crippen LogP contribution is 2.36. The second kappa shape index (κ2) is 10.4. The van der Waals surface area contributed by atoms with Crippen LogP contribution in [0.3, 0.4) is 0 Å². The van der Waals surface area contributed by atoms with E-state index in [1.165, 1.54) is 6.21 Å². The summed E-state index contributed by atoms with van der Waals surface area (Å²) in [6.45, 7) is 6.64. The third-order valence-electron chi connectivity index (χ3n) is 5.74. The minimum atomic E-state index is -0.625. The number of aromatic amines is 1. The Morgan fingerprint density at radius 2 is 1.92 bits per heavy atom. The topological polar surface area (TPSA) is 104 Å². The highest BCUT2D eigenvalue weighted by atomic mass is 16.7. The van der Waals surface area contributed by atoms with Crippen molar-refractivity contribution >= 4 is 17.1 Å². The first-order valence-corrected chi connectivity index (χ1v) is 11.8. The molecule has 0 atom stereocenters. The lowest BCUT2D eigenvalue weighted by molar-refractivity contribution is 0.174. The molecule has 0 saturated heterocycles. The van der Waals surface area contributed by atoms with Crippen molar-refractivity contribution in [2.45, 2.75) is 20.0 Å². The molecule has 2 heterocycles. The van der Waals surface area contributed by atoms with Gasteiger partial charge in [-0.1, -0.05) is 24.3 Å². The molecule has 1 aliphatic rings. The van der Waals surface area contributed by atoms with Crippen molar-refractivity contribution in [1.82, 2.24) is 9.66 Å². The lowest BCUT2D eigenvalue weighted by Gasteiger charge is -2.17. The molecule has 1 aliphatic heterocycles. The number of benzene rings is 3. The third-order valence-corrected chi connectivity index (χ3v) is 5.74. The molecule has 0 radical (unpaired) electrons. The van der Waals surface area contributed by atoms with Gasteiger partial charge in [0.2, 0.25) is 6.79 Å². The molecule has 1 aromatic heterocycles. The zero-order chi connectivity index (χ0) is 25.8. The van der Waals surface area contributed by atoms with Gasteiger partial charge >= 0.3 is 5.69 Å². The number of rotatable bonds is 9. The summed E-state index contributed by atoms with van der Waals surface area (Å²) in [7, 11) is 0. The van der Waals surface area contributed by atoms with Crippen molar-refractivity contribution < 1.29 is 18.9 Å². The highest BCUT2D eigenvalue weighted by molar-refractivity contribution is 5.82. The number of nitrogens with one attached hydrogen (secondary N) is 1. The fourth-order valence-corrected chi connectivity index (χ4v) is 4.06. The summed E-state index contributed by atoms with van der Waals surface area (Å²) >= 11 is 0. The fraction of sp³-hybridized carbons (Fsp3) is 0.179. The number of fused-ring (bicyclic) bond motifs is 2. The van der Waals surface area contributed by atoms with E-state index in [0.29, 0.717) is 52.5 Å². The number of aromatic nitrogens is 2. The minimum Gasteiger partial charge on any atom is -0.490 e. The molecule has 5 rings (SSSR count). The van der Waals surface area contributed by atoms with Gasteiger partial charge in [-0.05, 0) is 60.9 Å². The highest BCUT2D eigenvalue weighted by Gasteiger charge is 2.16. The molecule has 0 spiro atoms. The van der Waals surface area contributed by atoms with Crippen LogP contribution in [0.5, 0.6) is 23.0 Å². The van der Waals surface area contributed by atoms with Crippen LogP contribution in [-0.2, 0) is 13.0 Å². The van der Waals surface area contributed by atoms with Crippen LogP contribution >= 0.6 is 0 Å². The Labute approximate surface area is 212 Å². The first kappa shape index (κ1) is 23.9. The van der Waals surface area contributed by atoms with Gasteiger partial charge in [0.1, 0.15) is 6.61 Å². The molecule has 0 fully saturated rings. The third kappa shape index (κ3) is 4.97. The summed E-state index contributed by atoms with van der Waals surface area (Å²) < 4.78 is 23.7. The van der Waals surface area contributed by atoms with Crippen molar-refractivity contribution in [3.8, 4) is 23.0 Å². The summed E-state index contributed by atoms with van der Waals surface area (Å²) in [4.78, 5) is 28.0. The van der Waals surface area contributed by atoms with E-state index in [1.54, 1.807) is 36.4 Å². The van der Waals surface area contributed by atoms with Gasteiger partial charge < -0.3 is 23.9 Å². The van der Waals surface area contributed by atoms with Crippen molar-refractivity contribution in [2.75, 3.05) is 13.4 Å². The van der Waals surface area contributed by atoms with Crippen molar-refractivity contribution in [1.29, 1.82) is 0 Å². The number of allylic oxidation sites excluding steroid dienone is 1. The van der Waals surface area contributed by atoms with Crippen LogP contribution in [0.1, 0.15) is 23.6 Å². The molecule has 37 heavy (non-hydrogen) atoms. The minimum absolute atomic E-state index is 0.206. The van der Waals surface area contributed by atoms with Gasteiger partial charge in [-0.3, -0.25) is 4.79 Å². The smallest absolute Gasteiger partial charge is 0.349 e. The Bertz CT molecular complexity index is 1620. The molecule has 188 valence electrons. The molecule has 9 heteroatoms. The summed E-state index contributed by atoms with van der Waals surface area (Å²) in [6, 6.07) is 16.1. The van der Waals surface area contributed by atoms with E-state index in [1.807, 2.05) is 31.2 Å². The maximum Gasteiger partial charge on any atom is 0.349 e. The summed E-state index contributed by atoms with van der Waals surface area (Å²) in [5, 5.41) is 4.54. The van der Waals surface area contributed by atoms with Crippen LogP contribution < -0.4 is 30.2 Å². The van der Waals surface area contributed by atoms with Crippen LogP contribution in [0, 0.1) is 0 Å². The van der Waals surface area contributed by atoms with Gasteiger partial charge in [-0.15, -0.1) is 11.3 Å². The largest absolute Gasteiger partial charge is 0.490 e. The van der Waals surface area contributed by atoms with E-state index in [9.17, 15) is 9.59 Å². The molecule has 0 aliphatic carbocycles. The van der Waals surface area contributed by atoms with Crippen molar-refractivity contribution in [3.05, 3.63) is 105 Å². The molecule has 3 aromatic carbocycles. The van der Waals surface area contributed by atoms with Crippen LogP contribution in [-0.4, -0.2) is 29.3 Å². The van der Waals surface area contributed by atoms with Gasteiger partial charge in [0, 0.05) is 5.56 Å². The van der Waals surface area contributed by atoms with E-state index < -0.39 is 11.2 Å². The number of hydrogen-bond acceptors (Lipinski definition) is 7. The quantitative estimate of drug-likeness (QED) is 0.276.